The summed E-state index contributed by atoms with van der Waals surface area (Å²) in [5.41, 5.74) is -0.180. The SMILES string of the molecule is CCCC1(C(=O)NC(C)C2CCOC2)CCCNC1. The van der Waals surface area contributed by atoms with Gasteiger partial charge in [0.1, 0.15) is 0 Å². The van der Waals surface area contributed by atoms with Crippen molar-refractivity contribution >= 4 is 5.91 Å². The number of ether oxygens (including phenoxy) is 1. The molecular weight excluding hydrogens is 240 g/mol. The van der Waals surface area contributed by atoms with Crippen molar-refractivity contribution in [3.63, 3.8) is 0 Å². The van der Waals surface area contributed by atoms with Crippen molar-refractivity contribution in [2.45, 2.75) is 52.0 Å². The van der Waals surface area contributed by atoms with Crippen LogP contribution in [0, 0.1) is 11.3 Å². The molecule has 2 N–H and O–H groups in total. The third-order valence-electron chi connectivity index (χ3n) is 4.71. The van der Waals surface area contributed by atoms with Crippen molar-refractivity contribution in [3.05, 3.63) is 0 Å². The average molecular weight is 268 g/mol. The van der Waals surface area contributed by atoms with Crippen LogP contribution >= 0.6 is 0 Å². The van der Waals surface area contributed by atoms with Crippen molar-refractivity contribution in [3.8, 4) is 0 Å². The van der Waals surface area contributed by atoms with Crippen LogP contribution in [0.25, 0.3) is 0 Å². The summed E-state index contributed by atoms with van der Waals surface area (Å²) >= 11 is 0. The standard InChI is InChI=1S/C15H28N2O2/c1-3-6-15(7-4-8-16-11-15)14(18)17-12(2)13-5-9-19-10-13/h12-13,16H,3-11H2,1-2H3,(H,17,18). The largest absolute Gasteiger partial charge is 0.381 e. The summed E-state index contributed by atoms with van der Waals surface area (Å²) in [7, 11) is 0. The summed E-state index contributed by atoms with van der Waals surface area (Å²) in [6, 6.07) is 0.227. The highest BCUT2D eigenvalue weighted by Crippen LogP contribution is 2.32. The average Bonchev–Trinajstić information content (AvgIpc) is 2.94. The third-order valence-corrected chi connectivity index (χ3v) is 4.71. The quantitative estimate of drug-likeness (QED) is 0.798. The van der Waals surface area contributed by atoms with Gasteiger partial charge in [0.25, 0.3) is 0 Å². The second kappa shape index (κ2) is 6.71. The van der Waals surface area contributed by atoms with Gasteiger partial charge in [-0.2, -0.15) is 0 Å². The molecule has 1 amide bonds. The molecule has 0 aromatic heterocycles. The highest BCUT2D eigenvalue weighted by molar-refractivity contribution is 5.83. The second-order valence-corrected chi connectivity index (χ2v) is 6.20. The van der Waals surface area contributed by atoms with Gasteiger partial charge in [-0.1, -0.05) is 13.3 Å². The lowest BCUT2D eigenvalue weighted by molar-refractivity contribution is -0.133. The molecule has 2 aliphatic heterocycles. The fourth-order valence-electron chi connectivity index (χ4n) is 3.39. The molecule has 3 unspecified atom stereocenters. The van der Waals surface area contributed by atoms with Crippen LogP contribution in [0.3, 0.4) is 0 Å². The maximum Gasteiger partial charge on any atom is 0.227 e. The minimum atomic E-state index is -0.180. The van der Waals surface area contributed by atoms with Gasteiger partial charge in [-0.3, -0.25) is 4.79 Å². The molecule has 3 atom stereocenters. The van der Waals surface area contributed by atoms with E-state index in [2.05, 4.69) is 24.5 Å². The van der Waals surface area contributed by atoms with Crippen LogP contribution in [0.2, 0.25) is 0 Å². The van der Waals surface area contributed by atoms with Gasteiger partial charge < -0.3 is 15.4 Å². The van der Waals surface area contributed by atoms with Gasteiger partial charge in [-0.25, -0.2) is 0 Å². The Kier molecular flexibility index (Phi) is 5.22. The number of hydrogen-bond acceptors (Lipinski definition) is 3. The van der Waals surface area contributed by atoms with E-state index in [1.807, 2.05) is 0 Å². The molecular formula is C15H28N2O2. The first-order chi connectivity index (χ1) is 9.18. The van der Waals surface area contributed by atoms with E-state index in [1.54, 1.807) is 0 Å². The van der Waals surface area contributed by atoms with Crippen LogP contribution in [-0.4, -0.2) is 38.3 Å². The number of carbonyl (C=O) groups excluding carboxylic acids is 1. The molecule has 0 aromatic carbocycles. The van der Waals surface area contributed by atoms with Crippen molar-refractivity contribution in [2.24, 2.45) is 11.3 Å². The molecule has 2 heterocycles. The van der Waals surface area contributed by atoms with Crippen LogP contribution < -0.4 is 10.6 Å². The molecule has 0 aromatic rings. The first-order valence-corrected chi connectivity index (χ1v) is 7.77. The molecule has 0 spiro atoms. The number of piperidine rings is 1. The Morgan fingerprint density at radius 1 is 1.58 bits per heavy atom. The molecule has 0 saturated carbocycles. The number of hydrogen-bond donors (Lipinski definition) is 2. The number of carbonyl (C=O) groups is 1. The lowest BCUT2D eigenvalue weighted by Gasteiger charge is -2.37. The van der Waals surface area contributed by atoms with Crippen LogP contribution in [-0.2, 0) is 9.53 Å². The summed E-state index contributed by atoms with van der Waals surface area (Å²) < 4.78 is 5.41. The number of amides is 1. The highest BCUT2D eigenvalue weighted by atomic mass is 16.5. The Bertz CT molecular complexity index is 289. The Labute approximate surface area is 116 Å². The molecule has 19 heavy (non-hydrogen) atoms. The zero-order chi connectivity index (χ0) is 13.7. The maximum absolute atomic E-state index is 12.7. The summed E-state index contributed by atoms with van der Waals surface area (Å²) in [5, 5.41) is 6.66. The monoisotopic (exact) mass is 268 g/mol. The summed E-state index contributed by atoms with van der Waals surface area (Å²) in [4.78, 5) is 12.7. The van der Waals surface area contributed by atoms with E-state index < -0.39 is 0 Å². The maximum atomic E-state index is 12.7. The van der Waals surface area contributed by atoms with E-state index in [9.17, 15) is 4.79 Å². The van der Waals surface area contributed by atoms with E-state index >= 15 is 0 Å². The molecule has 0 radical (unpaired) electrons. The van der Waals surface area contributed by atoms with E-state index in [-0.39, 0.29) is 17.4 Å². The van der Waals surface area contributed by atoms with Gasteiger partial charge in [0.15, 0.2) is 0 Å². The van der Waals surface area contributed by atoms with Crippen molar-refractivity contribution < 1.29 is 9.53 Å². The third kappa shape index (κ3) is 3.48. The fraction of sp³-hybridized carbons (Fsp3) is 0.933. The molecule has 2 aliphatic rings. The van der Waals surface area contributed by atoms with Gasteiger partial charge in [0, 0.05) is 25.1 Å². The topological polar surface area (TPSA) is 50.4 Å². The second-order valence-electron chi connectivity index (χ2n) is 6.20. The van der Waals surface area contributed by atoms with Crippen LogP contribution in [0.15, 0.2) is 0 Å². The summed E-state index contributed by atoms with van der Waals surface area (Å²) in [6.45, 7) is 7.79. The Morgan fingerprint density at radius 2 is 2.42 bits per heavy atom. The van der Waals surface area contributed by atoms with Crippen molar-refractivity contribution in [1.29, 1.82) is 0 Å². The highest BCUT2D eigenvalue weighted by Gasteiger charge is 2.39. The van der Waals surface area contributed by atoms with Crippen LogP contribution in [0.4, 0.5) is 0 Å². The lowest BCUT2D eigenvalue weighted by atomic mass is 9.76. The van der Waals surface area contributed by atoms with Gasteiger partial charge in [0.2, 0.25) is 5.91 Å². The summed E-state index contributed by atoms with van der Waals surface area (Å²) in [6.07, 6.45) is 5.25. The van der Waals surface area contributed by atoms with Crippen molar-refractivity contribution in [2.75, 3.05) is 26.3 Å². The van der Waals surface area contributed by atoms with Crippen LogP contribution in [0.1, 0.15) is 46.0 Å². The summed E-state index contributed by atoms with van der Waals surface area (Å²) in [5.74, 6) is 0.736. The lowest BCUT2D eigenvalue weighted by Crippen LogP contribution is -2.53. The normalized spacial score (nSPS) is 33.1. The van der Waals surface area contributed by atoms with E-state index in [0.717, 1.165) is 58.4 Å². The zero-order valence-corrected chi connectivity index (χ0v) is 12.3. The predicted octanol–water partition coefficient (Wildman–Crippen LogP) is 1.70. The molecule has 4 heteroatoms. The zero-order valence-electron chi connectivity index (χ0n) is 12.3. The fourth-order valence-corrected chi connectivity index (χ4v) is 3.39. The first kappa shape index (κ1) is 14.8. The molecule has 2 fully saturated rings. The van der Waals surface area contributed by atoms with E-state index in [1.165, 1.54) is 0 Å². The minimum Gasteiger partial charge on any atom is -0.381 e. The smallest absolute Gasteiger partial charge is 0.227 e. The molecule has 110 valence electrons. The van der Waals surface area contributed by atoms with E-state index in [4.69, 9.17) is 4.74 Å². The Morgan fingerprint density at radius 3 is 3.00 bits per heavy atom. The minimum absolute atomic E-state index is 0.180. The molecule has 0 aliphatic carbocycles. The van der Waals surface area contributed by atoms with Gasteiger partial charge in [0.05, 0.1) is 12.0 Å². The first-order valence-electron chi connectivity index (χ1n) is 7.77. The van der Waals surface area contributed by atoms with E-state index in [0.29, 0.717) is 5.92 Å². The van der Waals surface area contributed by atoms with Crippen molar-refractivity contribution in [1.82, 2.24) is 10.6 Å². The van der Waals surface area contributed by atoms with Gasteiger partial charge >= 0.3 is 0 Å². The molecule has 2 saturated heterocycles. The molecule has 2 rings (SSSR count). The number of rotatable bonds is 5. The van der Waals surface area contributed by atoms with Gasteiger partial charge in [-0.05, 0) is 39.2 Å². The molecule has 0 bridgehead atoms. The number of nitrogens with one attached hydrogen (secondary N) is 2. The molecule has 4 nitrogen and oxygen atoms in total. The Balaban J connectivity index is 1.94. The Hall–Kier alpha value is -0.610. The van der Waals surface area contributed by atoms with Crippen LogP contribution in [0.5, 0.6) is 0 Å². The van der Waals surface area contributed by atoms with Gasteiger partial charge in [-0.15, -0.1) is 0 Å². The predicted molar refractivity (Wildman–Crippen MR) is 76.0 cm³/mol.